The third-order valence-electron chi connectivity index (χ3n) is 12.4. The molecule has 3 N–H and O–H groups in total. The molecule has 0 radical (unpaired) electrons. The SMILES string of the molecule is CC(C)(C)OC(=O)N1CCC[C@@H](N)C1.CC(C)(C)OC(=O)N1CCC[C@@H](Nc2ncc(Cl)c(-c3cn(S(=O)(=O)c4ccccc4)c4ccccc34)n2)C1.O=S(=O)(c1ccccc1)n1cc(-c2nc(Cl)ncc2Cl)c2ccccc21. The average molecular weight is 1170 g/mol. The van der Waals surface area contributed by atoms with Gasteiger partial charge in [-0.1, -0.05) is 96.0 Å². The molecule has 18 nitrogen and oxygen atoms in total. The predicted molar refractivity (Wildman–Crippen MR) is 308 cm³/mol. The molecule has 10 rings (SSSR count). The van der Waals surface area contributed by atoms with Crippen molar-refractivity contribution in [2.75, 3.05) is 31.5 Å². The van der Waals surface area contributed by atoms with Crippen LogP contribution in [0.15, 0.2) is 144 Å². The van der Waals surface area contributed by atoms with Gasteiger partial charge in [-0.25, -0.2) is 54.3 Å². The second-order valence-corrected chi connectivity index (χ2v) is 25.6. The lowest BCUT2D eigenvalue weighted by atomic mass is 10.1. The molecule has 4 aromatic carbocycles. The molecule has 0 saturated carbocycles. The first kappa shape index (κ1) is 58.3. The lowest BCUT2D eigenvalue weighted by molar-refractivity contribution is 0.0193. The van der Waals surface area contributed by atoms with E-state index >= 15 is 0 Å². The van der Waals surface area contributed by atoms with Crippen molar-refractivity contribution < 1.29 is 35.9 Å². The maximum atomic E-state index is 13.5. The molecule has 0 bridgehead atoms. The van der Waals surface area contributed by atoms with E-state index in [2.05, 4.69) is 25.3 Å². The Hall–Kier alpha value is -6.81. The molecule has 2 amide bonds. The molecule has 2 fully saturated rings. The van der Waals surface area contributed by atoms with E-state index in [0.29, 0.717) is 74.9 Å². The molecule has 0 unspecified atom stereocenters. The molecule has 0 spiro atoms. The van der Waals surface area contributed by atoms with Crippen LogP contribution in [0.1, 0.15) is 67.2 Å². The van der Waals surface area contributed by atoms with Crippen LogP contribution in [-0.2, 0) is 29.5 Å². The molecule has 2 atom stereocenters. The number of rotatable bonds is 8. The van der Waals surface area contributed by atoms with Crippen LogP contribution < -0.4 is 11.1 Å². The van der Waals surface area contributed by atoms with Gasteiger partial charge in [-0.2, -0.15) is 0 Å². The van der Waals surface area contributed by atoms with Crippen LogP contribution in [0.2, 0.25) is 15.3 Å². The molecule has 2 aliphatic rings. The van der Waals surface area contributed by atoms with Gasteiger partial charge in [-0.05, 0) is 115 Å². The number of halogens is 3. The van der Waals surface area contributed by atoms with Crippen LogP contribution in [-0.4, -0.2) is 116 Å². The first-order chi connectivity index (χ1) is 37.4. The van der Waals surface area contributed by atoms with E-state index in [0.717, 1.165) is 32.2 Å². The summed E-state index contributed by atoms with van der Waals surface area (Å²) >= 11 is 18.7. The maximum Gasteiger partial charge on any atom is 0.410 e. The molecule has 6 heterocycles. The maximum absolute atomic E-state index is 13.5. The number of hydrogen-bond donors (Lipinski definition) is 2. The van der Waals surface area contributed by atoms with Gasteiger partial charge in [0, 0.05) is 72.6 Å². The van der Waals surface area contributed by atoms with Crippen molar-refractivity contribution in [3.8, 4) is 22.5 Å². The molecular weight excluding hydrogens is 1110 g/mol. The summed E-state index contributed by atoms with van der Waals surface area (Å²) in [5, 5.41) is 5.32. The number of amides is 2. The number of carbonyl (C=O) groups is 2. The van der Waals surface area contributed by atoms with E-state index in [1.54, 1.807) is 101 Å². The van der Waals surface area contributed by atoms with Gasteiger partial charge in [-0.3, -0.25) is 0 Å². The summed E-state index contributed by atoms with van der Waals surface area (Å²) in [4.78, 5) is 45.0. The van der Waals surface area contributed by atoms with E-state index in [1.165, 1.54) is 26.5 Å². The molecule has 79 heavy (non-hydrogen) atoms. The van der Waals surface area contributed by atoms with Crippen molar-refractivity contribution in [2.45, 2.75) is 100 Å². The van der Waals surface area contributed by atoms with Gasteiger partial charge in [0.1, 0.15) is 11.2 Å². The third-order valence-corrected chi connectivity index (χ3v) is 16.6. The van der Waals surface area contributed by atoms with Gasteiger partial charge in [-0.15, -0.1) is 0 Å². The third kappa shape index (κ3) is 14.2. The smallest absolute Gasteiger partial charge is 0.410 e. The number of nitrogens with one attached hydrogen (secondary N) is 1. The first-order valence-electron chi connectivity index (χ1n) is 25.4. The fourth-order valence-electron chi connectivity index (χ4n) is 8.92. The molecule has 2 saturated heterocycles. The Morgan fingerprint density at radius 2 is 1.03 bits per heavy atom. The fraction of sp³-hybridized carbons (Fsp3) is 0.321. The quantitative estimate of drug-likeness (QED) is 0.135. The van der Waals surface area contributed by atoms with Crippen LogP contribution in [0, 0.1) is 0 Å². The van der Waals surface area contributed by atoms with Gasteiger partial charge in [0.05, 0.1) is 54.7 Å². The summed E-state index contributed by atoms with van der Waals surface area (Å²) in [6.07, 6.45) is 8.97. The number of aromatic nitrogens is 6. The lowest BCUT2D eigenvalue weighted by Crippen LogP contribution is -2.47. The van der Waals surface area contributed by atoms with Gasteiger partial charge < -0.3 is 30.3 Å². The second kappa shape index (κ2) is 24.3. The molecule has 0 aliphatic carbocycles. The lowest BCUT2D eigenvalue weighted by Gasteiger charge is -2.34. The van der Waals surface area contributed by atoms with Crippen molar-refractivity contribution in [1.29, 1.82) is 0 Å². The molecule has 23 heteroatoms. The van der Waals surface area contributed by atoms with Crippen molar-refractivity contribution in [1.82, 2.24) is 37.7 Å². The van der Waals surface area contributed by atoms with E-state index in [9.17, 15) is 26.4 Å². The topological polar surface area (TPSA) is 227 Å². The van der Waals surface area contributed by atoms with E-state index in [1.807, 2.05) is 65.8 Å². The fourth-order valence-corrected chi connectivity index (χ4v) is 12.2. The standard InChI is InChI=1S/C28H30ClN5O4S.C18H11Cl2N3O2S.C10H20N2O2/c1-28(2,3)38-27(35)33-15-9-10-19(17-33)31-26-30-16-23(29)25(32-26)22-18-34(24-14-8-7-13-21(22)24)39(36,37)20-11-5-4-6-12-20;19-15-10-21-18(20)22-17(15)14-11-23(16-9-5-4-8-13(14)16)26(24,25)12-6-2-1-3-7-12;1-10(2,3)14-9(13)12-6-4-5-8(11)7-12/h4-8,11-14,16,18-19H,9-10,15,17H2,1-3H3,(H,30,31,32);1-11H;8H,4-7,11H2,1-3H3/t19-;;8-/m1.1/s1. The number of fused-ring (bicyclic) bond motifs is 2. The normalized spacial score (nSPS) is 16.1. The van der Waals surface area contributed by atoms with Gasteiger partial charge in [0.25, 0.3) is 20.0 Å². The number of piperidine rings is 2. The molecule has 2 aliphatic heterocycles. The van der Waals surface area contributed by atoms with Crippen molar-refractivity contribution >= 4 is 94.8 Å². The predicted octanol–water partition coefficient (Wildman–Crippen LogP) is 11.8. The zero-order chi connectivity index (χ0) is 56.9. The Labute approximate surface area is 474 Å². The number of carbonyl (C=O) groups excluding carboxylic acids is 2. The van der Waals surface area contributed by atoms with Crippen LogP contribution in [0.3, 0.4) is 0 Å². The van der Waals surface area contributed by atoms with Crippen LogP contribution in [0.25, 0.3) is 44.3 Å². The number of nitrogens with zero attached hydrogens (tertiary/aromatic N) is 8. The highest BCUT2D eigenvalue weighted by Gasteiger charge is 2.30. The van der Waals surface area contributed by atoms with Gasteiger partial charge in [0.2, 0.25) is 11.2 Å². The molecule has 8 aromatic rings. The minimum atomic E-state index is -3.86. The molecule has 416 valence electrons. The van der Waals surface area contributed by atoms with Crippen molar-refractivity contribution in [2.24, 2.45) is 5.73 Å². The summed E-state index contributed by atoms with van der Waals surface area (Å²) in [7, 11) is -7.64. The summed E-state index contributed by atoms with van der Waals surface area (Å²) in [5.74, 6) is 0.341. The zero-order valence-corrected chi connectivity index (χ0v) is 48.3. The second-order valence-electron chi connectivity index (χ2n) is 20.8. The number of ether oxygens (including phenoxy) is 2. The number of benzene rings is 4. The Bertz CT molecular complexity index is 3700. The number of hydrogen-bond acceptors (Lipinski definition) is 14. The summed E-state index contributed by atoms with van der Waals surface area (Å²) in [6, 6.07) is 30.9. The monoisotopic (exact) mass is 1170 g/mol. The Kier molecular flexibility index (Phi) is 17.9. The highest BCUT2D eigenvalue weighted by atomic mass is 35.5. The van der Waals surface area contributed by atoms with E-state index in [4.69, 9.17) is 50.0 Å². The number of anilines is 1. The Morgan fingerprint density at radius 3 is 1.51 bits per heavy atom. The Morgan fingerprint density at radius 1 is 0.595 bits per heavy atom. The first-order valence-corrected chi connectivity index (χ1v) is 29.4. The van der Waals surface area contributed by atoms with E-state index < -0.39 is 31.2 Å². The summed E-state index contributed by atoms with van der Waals surface area (Å²) in [5.41, 5.74) is 7.75. The zero-order valence-electron chi connectivity index (χ0n) is 44.4. The van der Waals surface area contributed by atoms with Gasteiger partial charge in [0.15, 0.2) is 0 Å². The van der Waals surface area contributed by atoms with Crippen LogP contribution in [0.5, 0.6) is 0 Å². The highest BCUT2D eigenvalue weighted by molar-refractivity contribution is 7.90. The number of nitrogens with two attached hydrogens (primary N) is 1. The summed E-state index contributed by atoms with van der Waals surface area (Å²) in [6.45, 7) is 13.6. The molecular formula is C56H61Cl3N10O8S2. The van der Waals surface area contributed by atoms with Crippen molar-refractivity contribution in [3.05, 3.63) is 149 Å². The largest absolute Gasteiger partial charge is 0.444 e. The number of para-hydroxylation sites is 2. The Balaban J connectivity index is 0.000000176. The van der Waals surface area contributed by atoms with Gasteiger partial charge >= 0.3 is 12.2 Å². The minimum Gasteiger partial charge on any atom is -0.444 e. The molecule has 4 aromatic heterocycles. The van der Waals surface area contributed by atoms with Crippen LogP contribution >= 0.6 is 34.8 Å². The summed E-state index contributed by atoms with van der Waals surface area (Å²) < 4.78 is 66.6. The highest BCUT2D eigenvalue weighted by Crippen LogP contribution is 2.38. The van der Waals surface area contributed by atoms with Crippen molar-refractivity contribution in [3.63, 3.8) is 0 Å². The van der Waals surface area contributed by atoms with Crippen LogP contribution in [0.4, 0.5) is 15.5 Å². The average Bonchev–Trinajstić information content (AvgIpc) is 4.01. The minimum absolute atomic E-state index is 0.0344. The van der Waals surface area contributed by atoms with E-state index in [-0.39, 0.29) is 44.4 Å². The number of likely N-dealkylation sites (tertiary alicyclic amines) is 2.